The van der Waals surface area contributed by atoms with Crippen LogP contribution in [0.2, 0.25) is 0 Å². The minimum absolute atomic E-state index is 0.0943. The van der Waals surface area contributed by atoms with Crippen LogP contribution in [0.15, 0.2) is 24.3 Å². The average Bonchev–Trinajstić information content (AvgIpc) is 3.36. The molecule has 1 aromatic carbocycles. The molecule has 1 fully saturated rings. The fraction of sp³-hybridized carbons (Fsp3) is 0.389. The number of nitrogens with one attached hydrogen (secondary N) is 2. The number of carbonyl (C=O) groups excluding carboxylic acids is 2. The zero-order chi connectivity index (χ0) is 18.8. The molecular formula is C18H20F2N4O2. The van der Waals surface area contributed by atoms with Crippen LogP contribution in [0.1, 0.15) is 46.7 Å². The number of halogens is 2. The van der Waals surface area contributed by atoms with Crippen LogP contribution in [0.3, 0.4) is 0 Å². The Morgan fingerprint density at radius 2 is 1.96 bits per heavy atom. The highest BCUT2D eigenvalue weighted by Crippen LogP contribution is 2.23. The van der Waals surface area contributed by atoms with Gasteiger partial charge in [0.25, 0.3) is 5.91 Å². The molecule has 1 saturated carbocycles. The molecule has 0 unspecified atom stereocenters. The van der Waals surface area contributed by atoms with Gasteiger partial charge in [0, 0.05) is 17.3 Å². The minimum Gasteiger partial charge on any atom is -0.349 e. The van der Waals surface area contributed by atoms with Gasteiger partial charge in [-0.05, 0) is 38.8 Å². The van der Waals surface area contributed by atoms with Crippen molar-refractivity contribution in [3.63, 3.8) is 0 Å². The Morgan fingerprint density at radius 1 is 1.27 bits per heavy atom. The van der Waals surface area contributed by atoms with Gasteiger partial charge in [-0.3, -0.25) is 9.59 Å². The lowest BCUT2D eigenvalue weighted by Crippen LogP contribution is -2.27. The molecule has 0 bridgehead atoms. The molecule has 6 nitrogen and oxygen atoms in total. The lowest BCUT2D eigenvalue weighted by molar-refractivity contribution is -0.115. The maximum Gasteiger partial charge on any atom is 0.333 e. The molecule has 3 rings (SSSR count). The third-order valence-electron chi connectivity index (χ3n) is 4.36. The molecule has 1 aliphatic carbocycles. The number of alkyl halides is 2. The van der Waals surface area contributed by atoms with E-state index in [1.807, 2.05) is 0 Å². The first-order valence-electron chi connectivity index (χ1n) is 8.39. The maximum absolute atomic E-state index is 12.9. The van der Waals surface area contributed by atoms with E-state index in [1.54, 1.807) is 31.2 Å². The number of amides is 2. The molecule has 1 heterocycles. The average molecular weight is 362 g/mol. The highest BCUT2D eigenvalue weighted by molar-refractivity contribution is 6.04. The number of hydrogen-bond acceptors (Lipinski definition) is 3. The van der Waals surface area contributed by atoms with Crippen LogP contribution in [-0.4, -0.2) is 27.6 Å². The smallest absolute Gasteiger partial charge is 0.333 e. The summed E-state index contributed by atoms with van der Waals surface area (Å²) in [6, 6.07) is 6.92. The monoisotopic (exact) mass is 362 g/mol. The lowest BCUT2D eigenvalue weighted by atomic mass is 10.1. The van der Waals surface area contributed by atoms with Gasteiger partial charge in [-0.25, -0.2) is 4.68 Å². The van der Waals surface area contributed by atoms with Crippen molar-refractivity contribution < 1.29 is 18.4 Å². The Kier molecular flexibility index (Phi) is 5.01. The second-order valence-electron chi connectivity index (χ2n) is 6.39. The summed E-state index contributed by atoms with van der Waals surface area (Å²) in [7, 11) is 0. The number of para-hydroxylation sites is 1. The molecule has 0 atom stereocenters. The fourth-order valence-corrected chi connectivity index (χ4v) is 2.78. The first kappa shape index (κ1) is 18.0. The summed E-state index contributed by atoms with van der Waals surface area (Å²) in [5, 5.41) is 9.36. The summed E-state index contributed by atoms with van der Waals surface area (Å²) in [6.07, 6.45) is 1.84. The SMILES string of the molecule is Cc1nn(C(F)F)c(C)c1CC(=O)Nc1ccccc1C(=O)NC1CC1. The van der Waals surface area contributed by atoms with Crippen molar-refractivity contribution in [1.82, 2.24) is 15.1 Å². The van der Waals surface area contributed by atoms with Crippen LogP contribution in [0.4, 0.5) is 14.5 Å². The number of rotatable bonds is 6. The quantitative estimate of drug-likeness (QED) is 0.829. The van der Waals surface area contributed by atoms with Gasteiger partial charge >= 0.3 is 6.55 Å². The molecule has 2 N–H and O–H groups in total. The molecule has 0 saturated heterocycles. The third kappa shape index (κ3) is 3.89. The first-order valence-corrected chi connectivity index (χ1v) is 8.39. The molecular weight excluding hydrogens is 342 g/mol. The molecule has 0 aliphatic heterocycles. The predicted molar refractivity (Wildman–Crippen MR) is 92.2 cm³/mol. The van der Waals surface area contributed by atoms with E-state index in [1.165, 1.54) is 6.92 Å². The standard InChI is InChI=1S/C18H20F2N4O2/c1-10-14(11(2)24(23-10)18(19)20)9-16(25)22-15-6-4-3-5-13(15)17(26)21-12-7-8-12/h3-6,12,18H,7-9H2,1-2H3,(H,21,26)(H,22,25). The number of hydrogen-bond donors (Lipinski definition) is 2. The number of aromatic nitrogens is 2. The topological polar surface area (TPSA) is 76.0 Å². The van der Waals surface area contributed by atoms with Crippen molar-refractivity contribution in [1.29, 1.82) is 0 Å². The summed E-state index contributed by atoms with van der Waals surface area (Å²) < 4.78 is 26.4. The van der Waals surface area contributed by atoms with Crippen molar-refractivity contribution in [2.75, 3.05) is 5.32 Å². The zero-order valence-corrected chi connectivity index (χ0v) is 14.6. The Morgan fingerprint density at radius 3 is 2.58 bits per heavy atom. The van der Waals surface area contributed by atoms with E-state index in [2.05, 4.69) is 15.7 Å². The van der Waals surface area contributed by atoms with Crippen LogP contribution in [0.25, 0.3) is 0 Å². The zero-order valence-electron chi connectivity index (χ0n) is 14.6. The van der Waals surface area contributed by atoms with Gasteiger partial charge in [-0.15, -0.1) is 0 Å². The molecule has 138 valence electrons. The van der Waals surface area contributed by atoms with Crippen molar-refractivity contribution in [3.05, 3.63) is 46.8 Å². The van der Waals surface area contributed by atoms with Crippen molar-refractivity contribution in [3.8, 4) is 0 Å². The van der Waals surface area contributed by atoms with Crippen LogP contribution < -0.4 is 10.6 Å². The summed E-state index contributed by atoms with van der Waals surface area (Å²) in [5.41, 5.74) is 1.88. The molecule has 2 aromatic rings. The highest BCUT2D eigenvalue weighted by Gasteiger charge is 2.25. The summed E-state index contributed by atoms with van der Waals surface area (Å²) >= 11 is 0. The van der Waals surface area contributed by atoms with Crippen LogP contribution in [0, 0.1) is 13.8 Å². The van der Waals surface area contributed by atoms with Gasteiger partial charge in [0.1, 0.15) is 0 Å². The predicted octanol–water partition coefficient (Wildman–Crippen LogP) is 2.97. The van der Waals surface area contributed by atoms with E-state index >= 15 is 0 Å². The number of anilines is 1. The van der Waals surface area contributed by atoms with Gasteiger partial charge < -0.3 is 10.6 Å². The van der Waals surface area contributed by atoms with Crippen molar-refractivity contribution in [2.24, 2.45) is 0 Å². The molecule has 0 spiro atoms. The van der Waals surface area contributed by atoms with Crippen LogP contribution in [-0.2, 0) is 11.2 Å². The van der Waals surface area contributed by atoms with E-state index < -0.39 is 12.5 Å². The van der Waals surface area contributed by atoms with Crippen LogP contribution >= 0.6 is 0 Å². The molecule has 8 heteroatoms. The number of carbonyl (C=O) groups is 2. The van der Waals surface area contributed by atoms with Crippen molar-refractivity contribution in [2.45, 2.75) is 45.7 Å². The Labute approximate surface area is 149 Å². The minimum atomic E-state index is -2.75. The highest BCUT2D eigenvalue weighted by atomic mass is 19.3. The second-order valence-corrected chi connectivity index (χ2v) is 6.39. The van der Waals surface area contributed by atoms with E-state index in [-0.39, 0.29) is 24.1 Å². The molecule has 26 heavy (non-hydrogen) atoms. The van der Waals surface area contributed by atoms with E-state index in [0.717, 1.165) is 12.8 Å². The van der Waals surface area contributed by atoms with E-state index in [9.17, 15) is 18.4 Å². The normalized spacial score (nSPS) is 13.7. The maximum atomic E-state index is 12.9. The fourth-order valence-electron chi connectivity index (χ4n) is 2.78. The Balaban J connectivity index is 1.74. The Bertz CT molecular complexity index is 844. The summed E-state index contributed by atoms with van der Waals surface area (Å²) in [6.45, 7) is 0.342. The van der Waals surface area contributed by atoms with Crippen LogP contribution in [0.5, 0.6) is 0 Å². The Hall–Kier alpha value is -2.77. The van der Waals surface area contributed by atoms with E-state index in [0.29, 0.717) is 27.2 Å². The first-order chi connectivity index (χ1) is 12.4. The van der Waals surface area contributed by atoms with Gasteiger partial charge in [0.15, 0.2) is 0 Å². The molecule has 0 radical (unpaired) electrons. The molecule has 1 aromatic heterocycles. The lowest BCUT2D eigenvalue weighted by Gasteiger charge is -2.11. The molecule has 1 aliphatic rings. The van der Waals surface area contributed by atoms with Gasteiger partial charge in [-0.1, -0.05) is 12.1 Å². The van der Waals surface area contributed by atoms with Gasteiger partial charge in [-0.2, -0.15) is 13.9 Å². The summed E-state index contributed by atoms with van der Waals surface area (Å²) in [5.74, 6) is -0.627. The molecule has 2 amide bonds. The largest absolute Gasteiger partial charge is 0.349 e. The second kappa shape index (κ2) is 7.23. The van der Waals surface area contributed by atoms with Gasteiger partial charge in [0.05, 0.1) is 23.4 Å². The third-order valence-corrected chi connectivity index (χ3v) is 4.36. The van der Waals surface area contributed by atoms with Crippen molar-refractivity contribution >= 4 is 17.5 Å². The summed E-state index contributed by atoms with van der Waals surface area (Å²) in [4.78, 5) is 24.7. The number of benzene rings is 1. The van der Waals surface area contributed by atoms with Gasteiger partial charge in [0.2, 0.25) is 5.91 Å². The number of nitrogens with zero attached hydrogens (tertiary/aromatic N) is 2. The number of aryl methyl sites for hydroxylation is 1. The van der Waals surface area contributed by atoms with E-state index in [4.69, 9.17) is 0 Å².